The number of ether oxygens (including phenoxy) is 1. The van der Waals surface area contributed by atoms with Gasteiger partial charge in [-0.05, 0) is 6.08 Å². The average molecular weight is 476 g/mol. The zero-order valence-corrected chi connectivity index (χ0v) is 15.0. The van der Waals surface area contributed by atoms with Crippen molar-refractivity contribution >= 4 is 21.9 Å². The van der Waals surface area contributed by atoms with Gasteiger partial charge in [-0.1, -0.05) is 0 Å². The Balaban J connectivity index is 3.52. The molecule has 1 aliphatic rings. The maximum Gasteiger partial charge on any atom is 0.511 e. The quantitative estimate of drug-likeness (QED) is 0.225. The van der Waals surface area contributed by atoms with Crippen molar-refractivity contribution in [1.82, 2.24) is 10.0 Å². The SMILES string of the molecule is O=C(O)C1=C[C@H](NS(=O)(=O)C(F)(F)F)[C@@H](NC(=O)C(F)(F)F)[C@H]([C@H](O)[C@H](O)CO)O1. The second-order valence-corrected chi connectivity index (χ2v) is 7.45. The van der Waals surface area contributed by atoms with E-state index in [2.05, 4.69) is 4.74 Å². The summed E-state index contributed by atoms with van der Waals surface area (Å²) in [5.41, 5.74) is -5.99. The number of carboxylic acid groups (broad SMARTS) is 1. The Morgan fingerprint density at radius 1 is 1.17 bits per heavy atom. The maximum absolute atomic E-state index is 12.7. The van der Waals surface area contributed by atoms with Crippen LogP contribution in [0.2, 0.25) is 0 Å². The Morgan fingerprint density at radius 3 is 2.10 bits per heavy atom. The van der Waals surface area contributed by atoms with Crippen molar-refractivity contribution < 1.29 is 69.5 Å². The number of rotatable bonds is 7. The van der Waals surface area contributed by atoms with Gasteiger partial charge in [0.1, 0.15) is 18.3 Å². The van der Waals surface area contributed by atoms with E-state index in [1.165, 1.54) is 0 Å². The van der Waals surface area contributed by atoms with Gasteiger partial charge >= 0.3 is 33.6 Å². The van der Waals surface area contributed by atoms with Crippen LogP contribution in [0.25, 0.3) is 0 Å². The highest BCUT2D eigenvalue weighted by atomic mass is 32.2. The minimum Gasteiger partial charge on any atom is -0.478 e. The third-order valence-corrected chi connectivity index (χ3v) is 4.81. The van der Waals surface area contributed by atoms with E-state index in [9.17, 15) is 54.6 Å². The molecule has 30 heavy (non-hydrogen) atoms. The van der Waals surface area contributed by atoms with Crippen LogP contribution in [0.1, 0.15) is 0 Å². The Morgan fingerprint density at radius 2 is 1.70 bits per heavy atom. The Bertz CT molecular complexity index is 797. The van der Waals surface area contributed by atoms with Crippen LogP contribution in [0.15, 0.2) is 11.8 Å². The van der Waals surface area contributed by atoms with E-state index in [1.807, 2.05) is 0 Å². The predicted molar refractivity (Wildman–Crippen MR) is 79.6 cm³/mol. The molecule has 0 aliphatic carbocycles. The van der Waals surface area contributed by atoms with Crippen LogP contribution in [-0.4, -0.2) is 89.4 Å². The topological polar surface area (TPSA) is 182 Å². The van der Waals surface area contributed by atoms with Gasteiger partial charge in [-0.3, -0.25) is 4.79 Å². The van der Waals surface area contributed by atoms with E-state index in [0.29, 0.717) is 0 Å². The number of carboxylic acids is 1. The predicted octanol–water partition coefficient (Wildman–Crippen LogP) is -2.08. The van der Waals surface area contributed by atoms with Gasteiger partial charge in [0.15, 0.2) is 0 Å². The summed E-state index contributed by atoms with van der Waals surface area (Å²) in [5.74, 6) is -6.17. The monoisotopic (exact) mass is 476 g/mol. The molecule has 0 fully saturated rings. The lowest BCUT2D eigenvalue weighted by Gasteiger charge is -2.40. The first-order valence-corrected chi connectivity index (χ1v) is 8.95. The second-order valence-electron chi connectivity index (χ2n) is 5.75. The lowest BCUT2D eigenvalue weighted by atomic mass is 9.92. The number of alkyl halides is 6. The van der Waals surface area contributed by atoms with Crippen LogP contribution >= 0.6 is 0 Å². The third kappa shape index (κ3) is 5.94. The van der Waals surface area contributed by atoms with Crippen molar-refractivity contribution in [3.05, 3.63) is 11.8 Å². The second kappa shape index (κ2) is 8.92. The fraction of sp³-hybridized carbons (Fsp3) is 0.667. The lowest BCUT2D eigenvalue weighted by Crippen LogP contribution is -2.65. The number of aliphatic hydroxyl groups is 3. The van der Waals surface area contributed by atoms with Crippen LogP contribution < -0.4 is 10.0 Å². The standard InChI is InChI=1S/C12H14F6N2O9S/c13-11(14,15)10(26)19-6-3(20-30(27,28)12(16,17)18)1-5(9(24)25)29-8(6)7(23)4(22)2-21/h1,3-4,6-8,20-23H,2H2,(H,19,26)(H,24,25)/t3-,4+,6+,7+,8+/m0/s1. The van der Waals surface area contributed by atoms with Crippen LogP contribution in [0.4, 0.5) is 26.3 Å². The van der Waals surface area contributed by atoms with Gasteiger partial charge in [0.25, 0.3) is 0 Å². The molecule has 5 atom stereocenters. The van der Waals surface area contributed by atoms with Crippen molar-refractivity contribution in [2.24, 2.45) is 0 Å². The van der Waals surface area contributed by atoms with Gasteiger partial charge < -0.3 is 30.5 Å². The Labute approximate surface area is 163 Å². The van der Waals surface area contributed by atoms with Crippen molar-refractivity contribution in [2.75, 3.05) is 6.61 Å². The molecule has 1 heterocycles. The van der Waals surface area contributed by atoms with Crippen LogP contribution in [0, 0.1) is 0 Å². The molecule has 11 nitrogen and oxygen atoms in total. The number of sulfonamides is 1. The Hall–Kier alpha value is -2.15. The average Bonchev–Trinajstić information content (AvgIpc) is 2.59. The number of carbonyl (C=O) groups is 2. The number of nitrogens with one attached hydrogen (secondary N) is 2. The Kier molecular flexibility index (Phi) is 7.70. The summed E-state index contributed by atoms with van der Waals surface area (Å²) in [6.45, 7) is -1.27. The van der Waals surface area contributed by atoms with E-state index in [-0.39, 0.29) is 6.08 Å². The summed E-state index contributed by atoms with van der Waals surface area (Å²) in [4.78, 5) is 22.3. The van der Waals surface area contributed by atoms with Crippen molar-refractivity contribution in [2.45, 2.75) is 42.1 Å². The number of amides is 1. The molecular formula is C12H14F6N2O9S. The molecule has 0 aromatic carbocycles. The molecular weight excluding hydrogens is 462 g/mol. The van der Waals surface area contributed by atoms with Gasteiger partial charge in [-0.15, -0.1) is 0 Å². The van der Waals surface area contributed by atoms with Crippen LogP contribution in [0.3, 0.4) is 0 Å². The first-order chi connectivity index (χ1) is 13.4. The summed E-state index contributed by atoms with van der Waals surface area (Å²) >= 11 is 0. The molecule has 1 aliphatic heterocycles. The first-order valence-electron chi connectivity index (χ1n) is 7.47. The highest BCUT2D eigenvalue weighted by molar-refractivity contribution is 7.90. The third-order valence-electron chi connectivity index (χ3n) is 3.61. The normalized spacial score (nSPS) is 25.0. The molecule has 0 unspecified atom stereocenters. The first kappa shape index (κ1) is 25.9. The van der Waals surface area contributed by atoms with Crippen molar-refractivity contribution in [3.63, 3.8) is 0 Å². The molecule has 0 spiro atoms. The molecule has 174 valence electrons. The summed E-state index contributed by atoms with van der Waals surface area (Å²) in [6.07, 6.45) is -12.7. The number of aliphatic carboxylic acids is 1. The number of halogens is 6. The summed E-state index contributed by atoms with van der Waals surface area (Å²) in [5, 5.41) is 38.3. The molecule has 0 saturated heterocycles. The molecule has 6 N–H and O–H groups in total. The van der Waals surface area contributed by atoms with Crippen molar-refractivity contribution in [3.8, 4) is 0 Å². The smallest absolute Gasteiger partial charge is 0.478 e. The minimum absolute atomic E-state index is 0.113. The van der Waals surface area contributed by atoms with Crippen molar-refractivity contribution in [1.29, 1.82) is 0 Å². The molecule has 0 bridgehead atoms. The molecule has 0 saturated carbocycles. The fourth-order valence-corrected chi connectivity index (χ4v) is 2.93. The minimum atomic E-state index is -6.29. The van der Waals surface area contributed by atoms with E-state index >= 15 is 0 Å². The van der Waals surface area contributed by atoms with Gasteiger partial charge in [0.05, 0.1) is 18.7 Å². The molecule has 0 aromatic rings. The largest absolute Gasteiger partial charge is 0.511 e. The van der Waals surface area contributed by atoms with E-state index in [0.717, 1.165) is 10.0 Å². The van der Waals surface area contributed by atoms with E-state index in [1.54, 1.807) is 0 Å². The lowest BCUT2D eigenvalue weighted by molar-refractivity contribution is -0.177. The van der Waals surface area contributed by atoms with Gasteiger partial charge in [0, 0.05) is 0 Å². The fourth-order valence-electron chi connectivity index (χ4n) is 2.22. The number of aliphatic hydroxyl groups excluding tert-OH is 3. The number of hydrogen-bond acceptors (Lipinski definition) is 8. The molecule has 1 rings (SSSR count). The number of carbonyl (C=O) groups excluding carboxylic acids is 1. The summed E-state index contributed by atoms with van der Waals surface area (Å²) in [7, 11) is -6.29. The summed E-state index contributed by atoms with van der Waals surface area (Å²) < 4.78 is 104. The van der Waals surface area contributed by atoms with E-state index in [4.69, 9.17) is 10.2 Å². The highest BCUT2D eigenvalue weighted by Crippen LogP contribution is 2.28. The molecule has 18 heteroatoms. The molecule has 0 radical (unpaired) electrons. The van der Waals surface area contributed by atoms with Gasteiger partial charge in [0.2, 0.25) is 5.76 Å². The number of hydrogen-bond donors (Lipinski definition) is 6. The van der Waals surface area contributed by atoms with Gasteiger partial charge in [-0.2, -0.15) is 31.1 Å². The zero-order chi connectivity index (χ0) is 23.7. The molecule has 0 aromatic heterocycles. The highest BCUT2D eigenvalue weighted by Gasteiger charge is 2.52. The van der Waals surface area contributed by atoms with Gasteiger partial charge in [-0.25, -0.2) is 13.2 Å². The zero-order valence-electron chi connectivity index (χ0n) is 14.2. The van der Waals surface area contributed by atoms with Crippen LogP contribution in [0.5, 0.6) is 0 Å². The van der Waals surface area contributed by atoms with E-state index < -0.39 is 76.3 Å². The maximum atomic E-state index is 12.7. The summed E-state index contributed by atoms with van der Waals surface area (Å²) in [6, 6.07) is -5.04. The molecule has 1 amide bonds. The van der Waals surface area contributed by atoms with Crippen LogP contribution in [-0.2, 0) is 24.3 Å².